The lowest BCUT2D eigenvalue weighted by Gasteiger charge is -2.17. The Balaban J connectivity index is 1.38. The van der Waals surface area contributed by atoms with Gasteiger partial charge in [0.05, 0.1) is 12.1 Å². The molecule has 0 saturated carbocycles. The summed E-state index contributed by atoms with van der Waals surface area (Å²) in [7, 11) is 0. The maximum atomic E-state index is 12.0. The number of benzene rings is 4. The lowest BCUT2D eigenvalue weighted by atomic mass is 9.95. The Bertz CT molecular complexity index is 1660. The van der Waals surface area contributed by atoms with E-state index >= 15 is 0 Å². The van der Waals surface area contributed by atoms with Crippen LogP contribution in [0.1, 0.15) is 30.4 Å². The largest absolute Gasteiger partial charge is 0.512 e. The van der Waals surface area contributed by atoms with Crippen molar-refractivity contribution in [1.29, 1.82) is 0 Å². The minimum absolute atomic E-state index is 0.417. The molecule has 2 heterocycles. The van der Waals surface area contributed by atoms with Crippen molar-refractivity contribution in [2.75, 3.05) is 19.7 Å². The Morgan fingerprint density at radius 1 is 0.875 bits per heavy atom. The molecule has 0 radical (unpaired) electrons. The van der Waals surface area contributed by atoms with E-state index in [9.17, 15) is 9.90 Å². The molecular weight excluding hydrogens is 500 g/mol. The molecule has 1 fully saturated rings. The number of hydrogen-bond donors (Lipinski definition) is 1. The smallest absolute Gasteiger partial charge is 0.493 e. The molecule has 1 aromatic heterocycles. The molecule has 0 aliphatic carbocycles. The van der Waals surface area contributed by atoms with Gasteiger partial charge in [-0.3, -0.25) is 4.90 Å². The van der Waals surface area contributed by atoms with E-state index in [1.165, 1.54) is 5.56 Å². The summed E-state index contributed by atoms with van der Waals surface area (Å²) < 4.78 is 13.8. The molecule has 0 bridgehead atoms. The Morgan fingerprint density at radius 3 is 2.42 bits per heavy atom. The van der Waals surface area contributed by atoms with E-state index in [2.05, 4.69) is 66.4 Å². The molecule has 6 nitrogen and oxygen atoms in total. The molecule has 5 aromatic rings. The second-order valence-corrected chi connectivity index (χ2v) is 10.5. The highest BCUT2D eigenvalue weighted by Crippen LogP contribution is 2.41. The highest BCUT2D eigenvalue weighted by atomic mass is 16.7. The number of nitrogens with zero attached hydrogens (tertiary/aromatic N) is 2. The molecule has 0 spiro atoms. The van der Waals surface area contributed by atoms with Gasteiger partial charge in [0.1, 0.15) is 5.75 Å². The lowest BCUT2D eigenvalue weighted by molar-refractivity contribution is 0.139. The SMILES string of the molecule is Cc1ccccc1-c1cccc2c1c(CN1CCCC1)c(OC(=O)O)n2CCCOc1cccc2ccccc12. The Kier molecular flexibility index (Phi) is 7.43. The molecular formula is C34H34N2O4. The van der Waals surface area contributed by atoms with E-state index < -0.39 is 6.16 Å². The van der Waals surface area contributed by atoms with Crippen LogP contribution in [0.5, 0.6) is 11.6 Å². The van der Waals surface area contributed by atoms with Gasteiger partial charge in [-0.05, 0) is 73.5 Å². The Hall–Kier alpha value is -4.29. The summed E-state index contributed by atoms with van der Waals surface area (Å²) in [5.74, 6) is 1.27. The van der Waals surface area contributed by atoms with Gasteiger partial charge in [-0.2, -0.15) is 0 Å². The third-order valence-corrected chi connectivity index (χ3v) is 7.87. The number of hydrogen-bond acceptors (Lipinski definition) is 4. The molecule has 1 saturated heterocycles. The minimum atomic E-state index is -1.30. The maximum absolute atomic E-state index is 12.0. The first-order valence-corrected chi connectivity index (χ1v) is 14.0. The number of carbonyl (C=O) groups is 1. The van der Waals surface area contributed by atoms with Crippen LogP contribution < -0.4 is 9.47 Å². The summed E-state index contributed by atoms with van der Waals surface area (Å²) in [5.41, 5.74) is 5.35. The van der Waals surface area contributed by atoms with E-state index in [0.717, 1.165) is 70.0 Å². The van der Waals surface area contributed by atoms with Crippen molar-refractivity contribution in [3.63, 3.8) is 0 Å². The number of carboxylic acid groups (broad SMARTS) is 1. The van der Waals surface area contributed by atoms with Gasteiger partial charge in [-0.25, -0.2) is 4.79 Å². The van der Waals surface area contributed by atoms with E-state index in [-0.39, 0.29) is 0 Å². The van der Waals surface area contributed by atoms with Crippen LogP contribution in [0.2, 0.25) is 0 Å². The molecule has 1 aliphatic heterocycles. The molecule has 0 atom stereocenters. The van der Waals surface area contributed by atoms with Crippen molar-refractivity contribution in [2.24, 2.45) is 0 Å². The fourth-order valence-corrected chi connectivity index (χ4v) is 6.02. The Labute approximate surface area is 234 Å². The predicted octanol–water partition coefficient (Wildman–Crippen LogP) is 7.89. The topological polar surface area (TPSA) is 63.9 Å². The zero-order valence-corrected chi connectivity index (χ0v) is 22.8. The van der Waals surface area contributed by atoms with Crippen molar-refractivity contribution in [2.45, 2.75) is 39.3 Å². The van der Waals surface area contributed by atoms with Crippen molar-refractivity contribution in [3.05, 3.63) is 96.1 Å². The number of aromatic nitrogens is 1. The summed E-state index contributed by atoms with van der Waals surface area (Å²) >= 11 is 0. The fourth-order valence-electron chi connectivity index (χ4n) is 6.02. The van der Waals surface area contributed by atoms with E-state index in [0.29, 0.717) is 32.0 Å². The molecule has 40 heavy (non-hydrogen) atoms. The second kappa shape index (κ2) is 11.4. The zero-order chi connectivity index (χ0) is 27.5. The number of aryl methyl sites for hydroxylation is 2. The number of ether oxygens (including phenoxy) is 2. The van der Waals surface area contributed by atoms with Gasteiger partial charge in [0.2, 0.25) is 5.88 Å². The van der Waals surface area contributed by atoms with Crippen LogP contribution in [0.15, 0.2) is 84.9 Å². The van der Waals surface area contributed by atoms with Gasteiger partial charge in [-0.15, -0.1) is 0 Å². The van der Waals surface area contributed by atoms with Crippen LogP contribution in [0, 0.1) is 6.92 Å². The van der Waals surface area contributed by atoms with Crippen LogP contribution in [-0.2, 0) is 13.1 Å². The molecule has 1 N–H and O–H groups in total. The number of fused-ring (bicyclic) bond motifs is 2. The third-order valence-electron chi connectivity index (χ3n) is 7.87. The fraction of sp³-hybridized carbons (Fsp3) is 0.265. The highest BCUT2D eigenvalue weighted by Gasteiger charge is 2.26. The van der Waals surface area contributed by atoms with Gasteiger partial charge in [-0.1, -0.05) is 72.8 Å². The van der Waals surface area contributed by atoms with E-state index in [4.69, 9.17) is 9.47 Å². The van der Waals surface area contributed by atoms with Gasteiger partial charge in [0.25, 0.3) is 0 Å². The van der Waals surface area contributed by atoms with E-state index in [1.54, 1.807) is 0 Å². The zero-order valence-electron chi connectivity index (χ0n) is 22.8. The maximum Gasteiger partial charge on any atom is 0.512 e. The molecule has 4 aromatic carbocycles. The summed E-state index contributed by atoms with van der Waals surface area (Å²) in [6.45, 7) is 5.85. The van der Waals surface area contributed by atoms with Gasteiger partial charge < -0.3 is 19.1 Å². The summed E-state index contributed by atoms with van der Waals surface area (Å²) in [6.07, 6.45) is 1.71. The molecule has 6 rings (SSSR count). The first-order valence-electron chi connectivity index (χ1n) is 14.0. The molecule has 1 aliphatic rings. The van der Waals surface area contributed by atoms with E-state index in [1.807, 2.05) is 34.9 Å². The number of rotatable bonds is 9. The van der Waals surface area contributed by atoms with Crippen LogP contribution in [0.3, 0.4) is 0 Å². The van der Waals surface area contributed by atoms with Crippen molar-refractivity contribution >= 4 is 27.8 Å². The Morgan fingerprint density at radius 2 is 1.60 bits per heavy atom. The lowest BCUT2D eigenvalue weighted by Crippen LogP contribution is -2.19. The van der Waals surface area contributed by atoms with Gasteiger partial charge >= 0.3 is 6.16 Å². The monoisotopic (exact) mass is 534 g/mol. The first-order chi connectivity index (χ1) is 19.6. The van der Waals surface area contributed by atoms with Gasteiger partial charge in [0, 0.05) is 29.4 Å². The first kappa shape index (κ1) is 26.0. The highest BCUT2D eigenvalue weighted by molar-refractivity contribution is 6.00. The van der Waals surface area contributed by atoms with Crippen molar-refractivity contribution in [3.8, 4) is 22.8 Å². The van der Waals surface area contributed by atoms with Crippen molar-refractivity contribution < 1.29 is 19.4 Å². The third kappa shape index (κ3) is 5.15. The summed E-state index contributed by atoms with van der Waals surface area (Å²) in [4.78, 5) is 14.4. The normalized spacial score (nSPS) is 13.7. The van der Waals surface area contributed by atoms with Crippen molar-refractivity contribution in [1.82, 2.24) is 9.47 Å². The molecule has 204 valence electrons. The van der Waals surface area contributed by atoms with Crippen LogP contribution >= 0.6 is 0 Å². The van der Waals surface area contributed by atoms with Gasteiger partial charge in [0.15, 0.2) is 0 Å². The minimum Gasteiger partial charge on any atom is -0.493 e. The molecule has 0 unspecified atom stereocenters. The number of likely N-dealkylation sites (tertiary alicyclic amines) is 1. The quantitative estimate of drug-likeness (QED) is 0.154. The van der Waals surface area contributed by atoms with Crippen LogP contribution in [0.25, 0.3) is 32.8 Å². The summed E-state index contributed by atoms with van der Waals surface area (Å²) in [6, 6.07) is 28.9. The van der Waals surface area contributed by atoms with Crippen LogP contribution in [0.4, 0.5) is 4.79 Å². The summed E-state index contributed by atoms with van der Waals surface area (Å²) in [5, 5.41) is 13.1. The van der Waals surface area contributed by atoms with Crippen LogP contribution in [-0.4, -0.2) is 40.4 Å². The average molecular weight is 535 g/mol. The average Bonchev–Trinajstić information content (AvgIpc) is 3.58. The second-order valence-electron chi connectivity index (χ2n) is 10.5. The molecule has 6 heteroatoms. The standard InChI is InChI=1S/C34H34N2O4/c1-24-11-2-4-14-26(24)28-16-9-17-30-32(28)29(23-35-19-6-7-20-35)33(40-34(37)38)36(30)21-10-22-39-31-18-8-13-25-12-3-5-15-27(25)31/h2-5,8-9,11-18H,6-7,10,19-23H2,1H3,(H,37,38). The predicted molar refractivity (Wildman–Crippen MR) is 159 cm³/mol. The molecule has 0 amide bonds.